The normalized spacial score (nSPS) is 15.9. The summed E-state index contributed by atoms with van der Waals surface area (Å²) in [6.07, 6.45) is 2.60. The minimum atomic E-state index is -1.83. The summed E-state index contributed by atoms with van der Waals surface area (Å²) in [4.78, 5) is 10.9. The molecule has 2 unspecified atom stereocenters. The van der Waals surface area contributed by atoms with Crippen LogP contribution in [0.2, 0.25) is 5.02 Å². The van der Waals surface area contributed by atoms with Gasteiger partial charge in [0.1, 0.15) is 12.0 Å². The molecule has 0 amide bonds. The number of rotatable bonds is 8. The molecular formula is C23H24ClF2O3P. The van der Waals surface area contributed by atoms with E-state index in [0.717, 1.165) is 30.4 Å². The van der Waals surface area contributed by atoms with E-state index in [-0.39, 0.29) is 30.8 Å². The maximum Gasteiger partial charge on any atom is 0.303 e. The number of ether oxygens (including phenoxy) is 1. The Morgan fingerprint density at radius 2 is 1.97 bits per heavy atom. The maximum absolute atomic E-state index is 14.7. The number of alkyl halides is 1. The molecule has 3 nitrogen and oxygen atoms in total. The molecule has 2 aromatic rings. The minimum absolute atomic E-state index is 0.0368. The summed E-state index contributed by atoms with van der Waals surface area (Å²) in [7, 11) is 2.07. The lowest BCUT2D eigenvalue weighted by molar-refractivity contribution is -0.136. The van der Waals surface area contributed by atoms with Crippen molar-refractivity contribution in [1.29, 1.82) is 0 Å². The first kappa shape index (κ1) is 22.7. The predicted octanol–water partition coefficient (Wildman–Crippen LogP) is 6.53. The molecule has 0 saturated heterocycles. The molecule has 160 valence electrons. The Bertz CT molecular complexity index is 966. The number of carboxylic acids is 1. The van der Waals surface area contributed by atoms with E-state index in [1.807, 2.05) is 24.3 Å². The summed E-state index contributed by atoms with van der Waals surface area (Å²) in [6, 6.07) is 10.1. The van der Waals surface area contributed by atoms with Gasteiger partial charge in [0.2, 0.25) is 0 Å². The van der Waals surface area contributed by atoms with Gasteiger partial charge in [-0.15, -0.1) is 0 Å². The molecule has 2 aromatic carbocycles. The van der Waals surface area contributed by atoms with Crippen molar-refractivity contribution >= 4 is 32.4 Å². The molecule has 3 rings (SSSR count). The number of hydrogen-bond acceptors (Lipinski definition) is 2. The van der Waals surface area contributed by atoms with Crippen LogP contribution in [-0.2, 0) is 16.6 Å². The highest BCUT2D eigenvalue weighted by Crippen LogP contribution is 2.39. The minimum Gasteiger partial charge on any atom is -0.486 e. The Kier molecular flexibility index (Phi) is 7.15. The van der Waals surface area contributed by atoms with Gasteiger partial charge in [-0.1, -0.05) is 33.0 Å². The molecule has 1 aliphatic rings. The van der Waals surface area contributed by atoms with Crippen molar-refractivity contribution in [2.45, 2.75) is 44.4 Å². The summed E-state index contributed by atoms with van der Waals surface area (Å²) in [5, 5.41) is 7.74. The predicted molar refractivity (Wildman–Crippen MR) is 118 cm³/mol. The fraction of sp³-hybridized carbons (Fsp3) is 0.348. The van der Waals surface area contributed by atoms with E-state index in [0.29, 0.717) is 10.6 Å². The zero-order valence-corrected chi connectivity index (χ0v) is 18.6. The molecular weight excluding hydrogens is 429 g/mol. The van der Waals surface area contributed by atoms with Gasteiger partial charge in [0, 0.05) is 11.4 Å². The van der Waals surface area contributed by atoms with Crippen LogP contribution in [0.25, 0.3) is 5.57 Å². The summed E-state index contributed by atoms with van der Waals surface area (Å²) in [5.41, 5.74) is 3.86. The van der Waals surface area contributed by atoms with Crippen molar-refractivity contribution in [2.24, 2.45) is 0 Å². The van der Waals surface area contributed by atoms with Gasteiger partial charge in [0.05, 0.1) is 0 Å². The van der Waals surface area contributed by atoms with Gasteiger partial charge in [-0.25, -0.2) is 8.78 Å². The lowest BCUT2D eigenvalue weighted by Gasteiger charge is -2.21. The lowest BCUT2D eigenvalue weighted by atomic mass is 9.98. The second-order valence-electron chi connectivity index (χ2n) is 7.64. The largest absolute Gasteiger partial charge is 0.486 e. The Morgan fingerprint density at radius 3 is 2.60 bits per heavy atom. The van der Waals surface area contributed by atoms with Gasteiger partial charge >= 0.3 is 5.97 Å². The standard InChI is InChI=1S/C23H24ClF2O3P/c1-23(26,30)19-12-21(20(25)11-15(19)7-10-22(27)28)29-13-16-3-2-4-18(16)14-5-8-17(24)9-6-14/h5-6,8-9,11-12H,2-4,7,10,13,30H2,1H3,(H,27,28). The SMILES string of the molecule is CC(F)(P)c1cc(OCC2=C(c3ccc(Cl)cc3)CCC2)c(F)cc1CCC(=O)O. The van der Waals surface area contributed by atoms with Crippen molar-refractivity contribution in [3.05, 3.63) is 69.5 Å². The van der Waals surface area contributed by atoms with Gasteiger partial charge in [0.25, 0.3) is 0 Å². The molecule has 1 aliphatic carbocycles. The van der Waals surface area contributed by atoms with Crippen LogP contribution in [0.15, 0.2) is 42.0 Å². The molecule has 1 N–H and O–H groups in total. The maximum atomic E-state index is 14.7. The molecule has 0 spiro atoms. The average molecular weight is 453 g/mol. The van der Waals surface area contributed by atoms with Crippen LogP contribution in [0.4, 0.5) is 8.78 Å². The third kappa shape index (κ3) is 5.59. The Balaban J connectivity index is 1.84. The topological polar surface area (TPSA) is 46.5 Å². The number of hydrogen-bond donors (Lipinski definition) is 1. The van der Waals surface area contributed by atoms with E-state index < -0.39 is 17.2 Å². The van der Waals surface area contributed by atoms with Crippen LogP contribution in [-0.4, -0.2) is 17.7 Å². The van der Waals surface area contributed by atoms with Crippen LogP contribution < -0.4 is 4.74 Å². The van der Waals surface area contributed by atoms with E-state index in [9.17, 15) is 13.6 Å². The van der Waals surface area contributed by atoms with Crippen LogP contribution in [0.5, 0.6) is 5.75 Å². The number of aryl methyl sites for hydroxylation is 1. The summed E-state index contributed by atoms with van der Waals surface area (Å²) in [5.74, 6) is -1.68. The molecule has 7 heteroatoms. The van der Waals surface area contributed by atoms with Crippen LogP contribution >= 0.6 is 20.8 Å². The van der Waals surface area contributed by atoms with Crippen molar-refractivity contribution in [1.82, 2.24) is 0 Å². The zero-order valence-electron chi connectivity index (χ0n) is 16.7. The Hall–Kier alpha value is -1.97. The first-order valence-electron chi connectivity index (χ1n) is 9.77. The number of carbonyl (C=O) groups is 1. The molecule has 30 heavy (non-hydrogen) atoms. The quantitative estimate of drug-likeness (QED) is 0.463. The molecule has 0 aliphatic heterocycles. The summed E-state index contributed by atoms with van der Waals surface area (Å²) < 4.78 is 35.1. The number of aliphatic carboxylic acids is 1. The fourth-order valence-electron chi connectivity index (χ4n) is 3.74. The summed E-state index contributed by atoms with van der Waals surface area (Å²) >= 11 is 5.97. The van der Waals surface area contributed by atoms with E-state index in [1.165, 1.54) is 24.6 Å². The second kappa shape index (κ2) is 9.45. The molecule has 0 saturated carbocycles. The lowest BCUT2D eigenvalue weighted by Crippen LogP contribution is -2.12. The number of halogens is 3. The van der Waals surface area contributed by atoms with Gasteiger partial charge in [-0.05, 0) is 84.7 Å². The van der Waals surface area contributed by atoms with Crippen LogP contribution in [0.1, 0.15) is 49.3 Å². The Labute approximate surface area is 182 Å². The second-order valence-corrected chi connectivity index (χ2v) is 9.16. The van der Waals surface area contributed by atoms with Crippen LogP contribution in [0.3, 0.4) is 0 Å². The highest BCUT2D eigenvalue weighted by Gasteiger charge is 2.26. The Morgan fingerprint density at radius 1 is 1.27 bits per heavy atom. The third-order valence-corrected chi connectivity index (χ3v) is 5.78. The number of allylic oxidation sites excluding steroid dienone is 1. The average Bonchev–Trinajstić information content (AvgIpc) is 3.13. The van der Waals surface area contributed by atoms with Gasteiger partial charge in [0.15, 0.2) is 11.6 Å². The summed E-state index contributed by atoms with van der Waals surface area (Å²) in [6.45, 7) is 1.54. The van der Waals surface area contributed by atoms with Crippen molar-refractivity contribution in [3.8, 4) is 5.75 Å². The van der Waals surface area contributed by atoms with Crippen LogP contribution in [0, 0.1) is 5.82 Å². The van der Waals surface area contributed by atoms with E-state index in [1.54, 1.807) is 0 Å². The third-order valence-electron chi connectivity index (χ3n) is 5.22. The van der Waals surface area contributed by atoms with Crippen molar-refractivity contribution < 1.29 is 23.4 Å². The molecule has 0 aromatic heterocycles. The number of benzene rings is 2. The molecule has 0 heterocycles. The fourth-order valence-corrected chi connectivity index (χ4v) is 4.13. The molecule has 0 bridgehead atoms. The monoisotopic (exact) mass is 452 g/mol. The highest BCUT2D eigenvalue weighted by atomic mass is 35.5. The van der Waals surface area contributed by atoms with Crippen molar-refractivity contribution in [2.75, 3.05) is 6.61 Å². The molecule has 0 fully saturated rings. The van der Waals surface area contributed by atoms with E-state index in [4.69, 9.17) is 21.4 Å². The van der Waals surface area contributed by atoms with E-state index in [2.05, 4.69) is 9.24 Å². The smallest absolute Gasteiger partial charge is 0.303 e. The number of carboxylic acid groups (broad SMARTS) is 1. The first-order chi connectivity index (χ1) is 14.1. The first-order valence-corrected chi connectivity index (χ1v) is 10.7. The van der Waals surface area contributed by atoms with Gasteiger partial charge < -0.3 is 9.84 Å². The highest BCUT2D eigenvalue weighted by molar-refractivity contribution is 7.18. The molecule has 2 atom stereocenters. The van der Waals surface area contributed by atoms with E-state index >= 15 is 0 Å². The zero-order chi connectivity index (χ0) is 21.9. The van der Waals surface area contributed by atoms with Gasteiger partial charge in [-0.2, -0.15) is 0 Å². The van der Waals surface area contributed by atoms with Gasteiger partial charge in [-0.3, -0.25) is 4.79 Å². The molecule has 0 radical (unpaired) electrons. The van der Waals surface area contributed by atoms with Crippen molar-refractivity contribution in [3.63, 3.8) is 0 Å².